The second kappa shape index (κ2) is 6.13. The number of aromatic nitrogens is 1. The zero-order chi connectivity index (χ0) is 12.9. The van der Waals surface area contributed by atoms with Crippen LogP contribution in [0.4, 0.5) is 0 Å². The Balaban J connectivity index is 2.44. The molecule has 98 valence electrons. The van der Waals surface area contributed by atoms with E-state index in [0.717, 1.165) is 0 Å². The zero-order valence-electron chi connectivity index (χ0n) is 10.3. The molecule has 0 fully saturated rings. The van der Waals surface area contributed by atoms with Gasteiger partial charge in [-0.25, -0.2) is 13.1 Å². The summed E-state index contributed by atoms with van der Waals surface area (Å²) in [5, 5.41) is 6.24. The molecule has 7 heteroatoms. The maximum Gasteiger partial charge on any atom is 0.215 e. The first-order valence-electron chi connectivity index (χ1n) is 5.53. The van der Waals surface area contributed by atoms with Gasteiger partial charge < -0.3 is 9.84 Å². The topological polar surface area (TPSA) is 84.2 Å². The monoisotopic (exact) mass is 261 g/mol. The van der Waals surface area contributed by atoms with Gasteiger partial charge in [0.1, 0.15) is 6.26 Å². The maximum absolute atomic E-state index is 11.8. The summed E-state index contributed by atoms with van der Waals surface area (Å²) in [6.45, 7) is 6.20. The van der Waals surface area contributed by atoms with Crippen molar-refractivity contribution in [2.24, 2.45) is 0 Å². The highest BCUT2D eigenvalue weighted by atomic mass is 32.2. The number of rotatable bonds is 7. The third kappa shape index (κ3) is 4.84. The highest BCUT2D eigenvalue weighted by Gasteiger charge is 2.20. The Kier molecular flexibility index (Phi) is 5.10. The summed E-state index contributed by atoms with van der Waals surface area (Å²) in [6, 6.07) is 1.89. The molecule has 0 aliphatic heterocycles. The van der Waals surface area contributed by atoms with Crippen LogP contribution in [-0.2, 0) is 16.6 Å². The van der Waals surface area contributed by atoms with Crippen molar-refractivity contribution in [1.29, 1.82) is 0 Å². The standard InChI is InChI=1S/C10H19N3O3S/c1-8(2)11-6-9(3)17(14,15)12-7-10-4-5-16-13-10/h4-5,8-9,11-12H,6-7H2,1-3H3. The Morgan fingerprint density at radius 3 is 2.65 bits per heavy atom. The fourth-order valence-corrected chi connectivity index (χ4v) is 2.11. The van der Waals surface area contributed by atoms with Gasteiger partial charge in [-0.15, -0.1) is 0 Å². The zero-order valence-corrected chi connectivity index (χ0v) is 11.1. The van der Waals surface area contributed by atoms with Crippen molar-refractivity contribution < 1.29 is 12.9 Å². The van der Waals surface area contributed by atoms with E-state index in [2.05, 4.69) is 19.7 Å². The molecule has 0 aliphatic rings. The minimum atomic E-state index is -3.33. The minimum absolute atomic E-state index is 0.158. The van der Waals surface area contributed by atoms with Crippen molar-refractivity contribution in [3.63, 3.8) is 0 Å². The summed E-state index contributed by atoms with van der Waals surface area (Å²) in [4.78, 5) is 0. The van der Waals surface area contributed by atoms with E-state index in [0.29, 0.717) is 12.2 Å². The summed E-state index contributed by atoms with van der Waals surface area (Å²) in [6.07, 6.45) is 1.41. The van der Waals surface area contributed by atoms with Crippen molar-refractivity contribution >= 4 is 10.0 Å². The molecule has 1 unspecified atom stereocenters. The van der Waals surface area contributed by atoms with Crippen molar-refractivity contribution in [1.82, 2.24) is 15.2 Å². The van der Waals surface area contributed by atoms with Crippen molar-refractivity contribution in [2.45, 2.75) is 38.6 Å². The Morgan fingerprint density at radius 2 is 2.12 bits per heavy atom. The van der Waals surface area contributed by atoms with Crippen LogP contribution in [0.2, 0.25) is 0 Å². The molecule has 1 heterocycles. The number of hydrogen-bond donors (Lipinski definition) is 2. The molecular weight excluding hydrogens is 242 g/mol. The minimum Gasteiger partial charge on any atom is -0.364 e. The fraction of sp³-hybridized carbons (Fsp3) is 0.700. The van der Waals surface area contributed by atoms with Gasteiger partial charge in [-0.2, -0.15) is 0 Å². The molecule has 2 N–H and O–H groups in total. The van der Waals surface area contributed by atoms with Crippen molar-refractivity contribution in [2.75, 3.05) is 6.54 Å². The number of hydrogen-bond acceptors (Lipinski definition) is 5. The Bertz CT molecular complexity index is 414. The van der Waals surface area contributed by atoms with E-state index in [1.165, 1.54) is 6.26 Å². The second-order valence-electron chi connectivity index (χ2n) is 4.23. The predicted octanol–water partition coefficient (Wildman–Crippen LogP) is 0.480. The van der Waals surface area contributed by atoms with E-state index in [9.17, 15) is 8.42 Å². The van der Waals surface area contributed by atoms with Crippen molar-refractivity contribution in [3.05, 3.63) is 18.0 Å². The Labute approximate surface area is 102 Å². The summed E-state index contributed by atoms with van der Waals surface area (Å²) in [5.74, 6) is 0. The number of nitrogens with zero attached hydrogens (tertiary/aromatic N) is 1. The van der Waals surface area contributed by atoms with Gasteiger partial charge in [-0.05, 0) is 6.92 Å². The lowest BCUT2D eigenvalue weighted by Gasteiger charge is -2.15. The molecular formula is C10H19N3O3S. The van der Waals surface area contributed by atoms with E-state index in [1.54, 1.807) is 13.0 Å². The van der Waals surface area contributed by atoms with Gasteiger partial charge in [0, 0.05) is 18.7 Å². The predicted molar refractivity (Wildman–Crippen MR) is 64.9 cm³/mol. The molecule has 1 rings (SSSR count). The van der Waals surface area contributed by atoms with Crippen LogP contribution < -0.4 is 10.0 Å². The van der Waals surface area contributed by atoms with Crippen LogP contribution in [0, 0.1) is 0 Å². The quantitative estimate of drug-likeness (QED) is 0.746. The van der Waals surface area contributed by atoms with Crippen LogP contribution >= 0.6 is 0 Å². The fourth-order valence-electron chi connectivity index (χ4n) is 1.16. The van der Waals surface area contributed by atoms with Gasteiger partial charge in [-0.1, -0.05) is 19.0 Å². The van der Waals surface area contributed by atoms with Gasteiger partial charge in [0.15, 0.2) is 0 Å². The van der Waals surface area contributed by atoms with Gasteiger partial charge in [-0.3, -0.25) is 0 Å². The first-order valence-corrected chi connectivity index (χ1v) is 7.07. The van der Waals surface area contributed by atoms with Crippen LogP contribution in [0.3, 0.4) is 0 Å². The van der Waals surface area contributed by atoms with E-state index in [-0.39, 0.29) is 12.6 Å². The Hall–Kier alpha value is -0.920. The molecule has 17 heavy (non-hydrogen) atoms. The van der Waals surface area contributed by atoms with E-state index >= 15 is 0 Å². The summed E-state index contributed by atoms with van der Waals surface area (Å²) >= 11 is 0. The van der Waals surface area contributed by atoms with Crippen LogP contribution in [0.25, 0.3) is 0 Å². The molecule has 0 saturated carbocycles. The molecule has 0 spiro atoms. The van der Waals surface area contributed by atoms with Gasteiger partial charge in [0.05, 0.1) is 17.5 Å². The van der Waals surface area contributed by atoms with Gasteiger partial charge >= 0.3 is 0 Å². The third-order valence-corrected chi connectivity index (χ3v) is 4.06. The summed E-state index contributed by atoms with van der Waals surface area (Å²) < 4.78 is 30.8. The van der Waals surface area contributed by atoms with E-state index in [1.807, 2.05) is 13.8 Å². The van der Waals surface area contributed by atoms with Crippen LogP contribution in [-0.4, -0.2) is 31.4 Å². The lowest BCUT2D eigenvalue weighted by atomic mass is 10.3. The van der Waals surface area contributed by atoms with Crippen LogP contribution in [0.5, 0.6) is 0 Å². The maximum atomic E-state index is 11.8. The highest BCUT2D eigenvalue weighted by Crippen LogP contribution is 2.00. The smallest absolute Gasteiger partial charge is 0.215 e. The molecule has 0 radical (unpaired) electrons. The molecule has 0 bridgehead atoms. The SMILES string of the molecule is CC(C)NCC(C)S(=O)(=O)NCc1ccon1. The van der Waals surface area contributed by atoms with E-state index < -0.39 is 15.3 Å². The average Bonchev–Trinajstić information content (AvgIpc) is 2.75. The lowest BCUT2D eigenvalue weighted by molar-refractivity contribution is 0.410. The number of sulfonamides is 1. The molecule has 1 aromatic heterocycles. The Morgan fingerprint density at radius 1 is 1.41 bits per heavy atom. The normalized spacial score (nSPS) is 14.1. The second-order valence-corrected chi connectivity index (χ2v) is 6.41. The molecule has 1 atom stereocenters. The summed E-state index contributed by atoms with van der Waals surface area (Å²) in [5.41, 5.74) is 0.567. The van der Waals surface area contributed by atoms with Crippen molar-refractivity contribution in [3.8, 4) is 0 Å². The largest absolute Gasteiger partial charge is 0.364 e. The molecule has 0 amide bonds. The van der Waals surface area contributed by atoms with Gasteiger partial charge in [0.2, 0.25) is 10.0 Å². The molecule has 0 aliphatic carbocycles. The molecule has 0 aromatic carbocycles. The molecule has 0 saturated heterocycles. The van der Waals surface area contributed by atoms with Gasteiger partial charge in [0.25, 0.3) is 0 Å². The number of nitrogens with one attached hydrogen (secondary N) is 2. The average molecular weight is 261 g/mol. The summed E-state index contributed by atoms with van der Waals surface area (Å²) in [7, 11) is -3.33. The first-order chi connectivity index (χ1) is 7.92. The highest BCUT2D eigenvalue weighted by molar-refractivity contribution is 7.90. The molecule has 6 nitrogen and oxygen atoms in total. The van der Waals surface area contributed by atoms with Crippen LogP contribution in [0.15, 0.2) is 16.9 Å². The molecule has 1 aromatic rings. The third-order valence-electron chi connectivity index (χ3n) is 2.29. The first kappa shape index (κ1) is 14.1. The van der Waals surface area contributed by atoms with E-state index in [4.69, 9.17) is 0 Å². The lowest BCUT2D eigenvalue weighted by Crippen LogP contribution is -2.40. The van der Waals surface area contributed by atoms with Crippen LogP contribution in [0.1, 0.15) is 26.5 Å².